The highest BCUT2D eigenvalue weighted by Crippen LogP contribution is 2.27. The maximum Gasteiger partial charge on any atom is 0.144 e. The lowest BCUT2D eigenvalue weighted by Gasteiger charge is -2.09. The van der Waals surface area contributed by atoms with Crippen LogP contribution in [0, 0.1) is 0 Å². The molecule has 0 radical (unpaired) electrons. The van der Waals surface area contributed by atoms with Gasteiger partial charge < -0.3 is 15.8 Å². The molecule has 1 aliphatic rings. The van der Waals surface area contributed by atoms with E-state index in [2.05, 4.69) is 25.3 Å². The summed E-state index contributed by atoms with van der Waals surface area (Å²) in [4.78, 5) is 17.0. The second-order valence-corrected chi connectivity index (χ2v) is 5.78. The van der Waals surface area contributed by atoms with Crippen LogP contribution in [0.2, 0.25) is 0 Å². The Morgan fingerprint density at radius 3 is 2.96 bits per heavy atom. The molecule has 7 heteroatoms. The maximum absolute atomic E-state index is 5.69. The highest BCUT2D eigenvalue weighted by molar-refractivity contribution is 5.62. The van der Waals surface area contributed by atoms with Crippen LogP contribution in [0.15, 0.2) is 43.0 Å². The predicted octanol–water partition coefficient (Wildman–Crippen LogP) is 2.11. The van der Waals surface area contributed by atoms with Gasteiger partial charge in [0.15, 0.2) is 0 Å². The minimum atomic E-state index is 0.489. The summed E-state index contributed by atoms with van der Waals surface area (Å²) in [5.74, 6) is 2.21. The molecule has 3 aromatic heterocycles. The first-order valence-corrected chi connectivity index (χ1v) is 8.17. The normalized spacial score (nSPS) is 12.5. The summed E-state index contributed by atoms with van der Waals surface area (Å²) in [6.07, 6.45) is 6.83. The molecule has 0 fully saturated rings. The van der Waals surface area contributed by atoms with Crippen molar-refractivity contribution in [1.82, 2.24) is 19.9 Å². The average Bonchev–Trinajstić information content (AvgIpc) is 3.12. The minimum Gasteiger partial charge on any atom is -0.491 e. The highest BCUT2D eigenvalue weighted by atomic mass is 16.5. The number of aromatic nitrogens is 4. The molecule has 0 spiro atoms. The predicted molar refractivity (Wildman–Crippen MR) is 95.3 cm³/mol. The van der Waals surface area contributed by atoms with E-state index >= 15 is 0 Å². The number of hydrogen-bond donors (Lipinski definition) is 2. The van der Waals surface area contributed by atoms with E-state index in [1.165, 1.54) is 5.56 Å². The molecule has 0 unspecified atom stereocenters. The Hall–Kier alpha value is -3.22. The second kappa shape index (κ2) is 6.72. The van der Waals surface area contributed by atoms with Gasteiger partial charge in [-0.1, -0.05) is 0 Å². The van der Waals surface area contributed by atoms with E-state index in [1.54, 1.807) is 18.6 Å². The zero-order valence-electron chi connectivity index (χ0n) is 13.6. The van der Waals surface area contributed by atoms with Crippen molar-refractivity contribution >= 4 is 11.6 Å². The van der Waals surface area contributed by atoms with Crippen LogP contribution in [0.1, 0.15) is 11.3 Å². The summed E-state index contributed by atoms with van der Waals surface area (Å²) in [7, 11) is 0. The Balaban J connectivity index is 1.43. The minimum absolute atomic E-state index is 0.489. The third-order valence-electron chi connectivity index (χ3n) is 4.09. The SMILES string of the molecule is Nc1ccc(-c2cc(NCCc3ccnc4c3OCC4)ncn2)cn1. The molecule has 1 aliphatic heterocycles. The van der Waals surface area contributed by atoms with Gasteiger partial charge in [-0.3, -0.25) is 4.98 Å². The molecular formula is C18H18N6O. The Morgan fingerprint density at radius 2 is 2.08 bits per heavy atom. The van der Waals surface area contributed by atoms with Gasteiger partial charge in [0.25, 0.3) is 0 Å². The average molecular weight is 334 g/mol. The van der Waals surface area contributed by atoms with Crippen LogP contribution in [0.4, 0.5) is 11.6 Å². The third kappa shape index (κ3) is 3.35. The summed E-state index contributed by atoms with van der Waals surface area (Å²) >= 11 is 0. The summed E-state index contributed by atoms with van der Waals surface area (Å²) < 4.78 is 5.69. The smallest absolute Gasteiger partial charge is 0.144 e. The van der Waals surface area contributed by atoms with Crippen molar-refractivity contribution < 1.29 is 4.74 Å². The Labute approximate surface area is 145 Å². The topological polar surface area (TPSA) is 98.8 Å². The van der Waals surface area contributed by atoms with Gasteiger partial charge in [-0.15, -0.1) is 0 Å². The van der Waals surface area contributed by atoms with Crippen molar-refractivity contribution in [3.8, 4) is 17.0 Å². The zero-order chi connectivity index (χ0) is 17.1. The molecule has 0 bridgehead atoms. The number of pyridine rings is 2. The summed E-state index contributed by atoms with van der Waals surface area (Å²) in [5, 5.41) is 3.33. The van der Waals surface area contributed by atoms with E-state index in [-0.39, 0.29) is 0 Å². The lowest BCUT2D eigenvalue weighted by Crippen LogP contribution is -2.07. The molecule has 3 N–H and O–H groups in total. The number of nitrogens with two attached hydrogens (primary N) is 1. The van der Waals surface area contributed by atoms with Crippen LogP contribution in [0.3, 0.4) is 0 Å². The number of rotatable bonds is 5. The van der Waals surface area contributed by atoms with Gasteiger partial charge in [-0.05, 0) is 30.2 Å². The van der Waals surface area contributed by atoms with Crippen molar-refractivity contribution in [2.75, 3.05) is 24.2 Å². The second-order valence-electron chi connectivity index (χ2n) is 5.78. The number of nitrogens with zero attached hydrogens (tertiary/aromatic N) is 4. The van der Waals surface area contributed by atoms with E-state index in [1.807, 2.05) is 24.4 Å². The number of fused-ring (bicyclic) bond motifs is 1. The van der Waals surface area contributed by atoms with Gasteiger partial charge in [-0.25, -0.2) is 15.0 Å². The molecular weight excluding hydrogens is 316 g/mol. The molecule has 4 rings (SSSR count). The molecule has 0 saturated carbocycles. The Bertz CT molecular complexity index is 881. The fraction of sp³-hybridized carbons (Fsp3) is 0.222. The fourth-order valence-corrected chi connectivity index (χ4v) is 2.83. The van der Waals surface area contributed by atoms with Crippen LogP contribution in [-0.4, -0.2) is 33.1 Å². The molecule has 4 heterocycles. The van der Waals surface area contributed by atoms with E-state index in [0.29, 0.717) is 5.82 Å². The zero-order valence-corrected chi connectivity index (χ0v) is 13.6. The molecule has 3 aromatic rings. The van der Waals surface area contributed by atoms with Crippen molar-refractivity contribution in [3.05, 3.63) is 54.2 Å². The molecule has 25 heavy (non-hydrogen) atoms. The summed E-state index contributed by atoms with van der Waals surface area (Å²) in [5.41, 5.74) is 9.56. The van der Waals surface area contributed by atoms with E-state index < -0.39 is 0 Å². The van der Waals surface area contributed by atoms with Crippen LogP contribution in [0.5, 0.6) is 5.75 Å². The van der Waals surface area contributed by atoms with Crippen LogP contribution >= 0.6 is 0 Å². The van der Waals surface area contributed by atoms with Crippen molar-refractivity contribution in [2.45, 2.75) is 12.8 Å². The number of nitrogen functional groups attached to an aromatic ring is 1. The molecule has 126 valence electrons. The molecule has 0 atom stereocenters. The fourth-order valence-electron chi connectivity index (χ4n) is 2.83. The van der Waals surface area contributed by atoms with Gasteiger partial charge in [0.2, 0.25) is 0 Å². The van der Waals surface area contributed by atoms with Gasteiger partial charge >= 0.3 is 0 Å². The highest BCUT2D eigenvalue weighted by Gasteiger charge is 2.16. The van der Waals surface area contributed by atoms with E-state index in [4.69, 9.17) is 10.5 Å². The van der Waals surface area contributed by atoms with Gasteiger partial charge in [0.1, 0.15) is 23.7 Å². The number of anilines is 2. The van der Waals surface area contributed by atoms with Gasteiger partial charge in [0.05, 0.1) is 18.0 Å². The van der Waals surface area contributed by atoms with E-state index in [0.717, 1.165) is 54.5 Å². The van der Waals surface area contributed by atoms with Crippen LogP contribution < -0.4 is 15.8 Å². The first-order chi connectivity index (χ1) is 12.3. The molecule has 7 nitrogen and oxygen atoms in total. The molecule has 0 aromatic carbocycles. The third-order valence-corrected chi connectivity index (χ3v) is 4.09. The number of nitrogens with one attached hydrogen (secondary N) is 1. The lowest BCUT2D eigenvalue weighted by molar-refractivity contribution is 0.353. The van der Waals surface area contributed by atoms with E-state index in [9.17, 15) is 0 Å². The van der Waals surface area contributed by atoms with Crippen LogP contribution in [0.25, 0.3) is 11.3 Å². The lowest BCUT2D eigenvalue weighted by atomic mass is 10.1. The molecule has 0 amide bonds. The molecule has 0 saturated heterocycles. The first-order valence-electron chi connectivity index (χ1n) is 8.17. The molecule has 0 aliphatic carbocycles. The van der Waals surface area contributed by atoms with Crippen molar-refractivity contribution in [3.63, 3.8) is 0 Å². The summed E-state index contributed by atoms with van der Waals surface area (Å²) in [6.45, 7) is 1.47. The monoisotopic (exact) mass is 334 g/mol. The van der Waals surface area contributed by atoms with Crippen molar-refractivity contribution in [2.24, 2.45) is 0 Å². The summed E-state index contributed by atoms with van der Waals surface area (Å²) in [6, 6.07) is 7.57. The number of ether oxygens (including phenoxy) is 1. The number of hydrogen-bond acceptors (Lipinski definition) is 7. The van der Waals surface area contributed by atoms with Gasteiger partial charge in [0, 0.05) is 37.0 Å². The van der Waals surface area contributed by atoms with Gasteiger partial charge in [-0.2, -0.15) is 0 Å². The Morgan fingerprint density at radius 1 is 1.12 bits per heavy atom. The standard InChI is InChI=1S/C18H18N6O/c19-16-2-1-13(10-22-16)15-9-17(24-11-23-15)21-7-4-12-3-6-20-14-5-8-25-18(12)14/h1-3,6,9-11H,4-5,7-8H2,(H2,19,22)(H,21,23,24). The largest absolute Gasteiger partial charge is 0.491 e. The quantitative estimate of drug-likeness (QED) is 0.737. The maximum atomic E-state index is 5.69. The Kier molecular flexibility index (Phi) is 4.12. The first kappa shape index (κ1) is 15.3. The van der Waals surface area contributed by atoms with Crippen molar-refractivity contribution in [1.29, 1.82) is 0 Å². The van der Waals surface area contributed by atoms with Crippen LogP contribution in [-0.2, 0) is 12.8 Å².